The number of ether oxygens (including phenoxy) is 1. The van der Waals surface area contributed by atoms with E-state index in [1.165, 1.54) is 0 Å². The zero-order chi connectivity index (χ0) is 15.1. The van der Waals surface area contributed by atoms with Gasteiger partial charge in [0.2, 0.25) is 11.7 Å². The molecule has 0 aliphatic rings. The van der Waals surface area contributed by atoms with Crippen LogP contribution in [-0.4, -0.2) is 23.8 Å². The van der Waals surface area contributed by atoms with Gasteiger partial charge in [0.25, 0.3) is 0 Å². The molecule has 5 heteroatoms. The van der Waals surface area contributed by atoms with E-state index in [9.17, 15) is 0 Å². The summed E-state index contributed by atoms with van der Waals surface area (Å²) in [7, 11) is 1.65. The van der Waals surface area contributed by atoms with E-state index in [1.807, 2.05) is 25.1 Å². The highest BCUT2D eigenvalue weighted by molar-refractivity contribution is 5.64. The normalized spacial score (nSPS) is 10.8. The lowest BCUT2D eigenvalue weighted by Crippen LogP contribution is -1.97. The van der Waals surface area contributed by atoms with E-state index in [-0.39, 0.29) is 0 Å². The number of methoxy groups -OCH3 is 1. The first-order valence-electron chi connectivity index (χ1n) is 7.42. The van der Waals surface area contributed by atoms with Gasteiger partial charge in [0, 0.05) is 6.42 Å². The molecule has 0 saturated carbocycles. The number of hydrogen-bond acceptors (Lipinski definition) is 5. The molecule has 2 rings (SSSR count). The molecular weight excluding hydrogens is 266 g/mol. The third-order valence-corrected chi connectivity index (χ3v) is 3.41. The van der Waals surface area contributed by atoms with E-state index in [1.54, 1.807) is 7.11 Å². The summed E-state index contributed by atoms with van der Waals surface area (Å²) < 4.78 is 10.7. The Bertz CT molecular complexity index is 566. The van der Waals surface area contributed by atoms with Crippen LogP contribution in [0.1, 0.15) is 37.1 Å². The summed E-state index contributed by atoms with van der Waals surface area (Å²) in [5.41, 5.74) is 7.48. The molecule has 1 heterocycles. The number of rotatable bonds is 8. The fraction of sp³-hybridized carbons (Fsp3) is 0.500. The first kappa shape index (κ1) is 15.5. The van der Waals surface area contributed by atoms with Gasteiger partial charge in [0.05, 0.1) is 12.7 Å². The summed E-state index contributed by atoms with van der Waals surface area (Å²) in [6, 6.07) is 5.95. The van der Waals surface area contributed by atoms with Crippen molar-refractivity contribution in [3.63, 3.8) is 0 Å². The van der Waals surface area contributed by atoms with Gasteiger partial charge in [-0.2, -0.15) is 4.98 Å². The van der Waals surface area contributed by atoms with Crippen molar-refractivity contribution in [2.75, 3.05) is 13.7 Å². The van der Waals surface area contributed by atoms with Crippen molar-refractivity contribution in [3.8, 4) is 17.1 Å². The largest absolute Gasteiger partial charge is 0.496 e. The Hall–Kier alpha value is -1.88. The van der Waals surface area contributed by atoms with E-state index in [0.717, 1.165) is 55.5 Å². The molecule has 5 nitrogen and oxygen atoms in total. The molecule has 0 unspecified atom stereocenters. The molecule has 0 bridgehead atoms. The Kier molecular flexibility index (Phi) is 5.75. The number of aromatic nitrogens is 2. The van der Waals surface area contributed by atoms with Gasteiger partial charge in [0.1, 0.15) is 5.75 Å². The monoisotopic (exact) mass is 289 g/mol. The van der Waals surface area contributed by atoms with Crippen LogP contribution in [0.4, 0.5) is 0 Å². The second kappa shape index (κ2) is 7.78. The summed E-state index contributed by atoms with van der Waals surface area (Å²) in [4.78, 5) is 4.45. The maximum absolute atomic E-state index is 5.47. The highest BCUT2D eigenvalue weighted by Crippen LogP contribution is 2.28. The predicted octanol–water partition coefficient (Wildman–Crippen LogP) is 3.12. The summed E-state index contributed by atoms with van der Waals surface area (Å²) in [6.07, 6.45) is 5.24. The molecule has 0 saturated heterocycles. The highest BCUT2D eigenvalue weighted by Gasteiger charge is 2.13. The Labute approximate surface area is 125 Å². The van der Waals surface area contributed by atoms with Gasteiger partial charge in [-0.25, -0.2) is 0 Å². The molecule has 0 atom stereocenters. The van der Waals surface area contributed by atoms with Gasteiger partial charge in [-0.3, -0.25) is 0 Å². The zero-order valence-corrected chi connectivity index (χ0v) is 12.8. The molecule has 0 amide bonds. The minimum atomic E-state index is 0.587. The van der Waals surface area contributed by atoms with Gasteiger partial charge < -0.3 is 15.0 Å². The molecule has 0 fully saturated rings. The second-order valence-electron chi connectivity index (χ2n) is 5.17. The van der Waals surface area contributed by atoms with Gasteiger partial charge in [-0.1, -0.05) is 24.1 Å². The minimum Gasteiger partial charge on any atom is -0.496 e. The number of nitrogens with zero attached hydrogens (tertiary/aromatic N) is 2. The number of nitrogens with two attached hydrogens (primary N) is 1. The summed E-state index contributed by atoms with van der Waals surface area (Å²) in [6.45, 7) is 2.78. The number of hydrogen-bond donors (Lipinski definition) is 1. The maximum Gasteiger partial charge on any atom is 0.226 e. The molecule has 0 aliphatic heterocycles. The molecule has 21 heavy (non-hydrogen) atoms. The summed E-state index contributed by atoms with van der Waals surface area (Å²) in [5.74, 6) is 2.04. The second-order valence-corrected chi connectivity index (χ2v) is 5.17. The SMILES string of the molecule is COc1cc(C)ccc1-c1noc(CCCCCCN)n1. The van der Waals surface area contributed by atoms with Crippen LogP contribution in [0.2, 0.25) is 0 Å². The van der Waals surface area contributed by atoms with E-state index >= 15 is 0 Å². The average molecular weight is 289 g/mol. The zero-order valence-electron chi connectivity index (χ0n) is 12.8. The van der Waals surface area contributed by atoms with Crippen molar-refractivity contribution < 1.29 is 9.26 Å². The molecule has 0 radical (unpaired) electrons. The van der Waals surface area contributed by atoms with E-state index in [2.05, 4.69) is 10.1 Å². The number of aryl methyl sites for hydroxylation is 2. The van der Waals surface area contributed by atoms with Crippen molar-refractivity contribution in [1.82, 2.24) is 10.1 Å². The van der Waals surface area contributed by atoms with Gasteiger partial charge in [-0.05, 0) is 44.0 Å². The lowest BCUT2D eigenvalue weighted by Gasteiger charge is -2.05. The van der Waals surface area contributed by atoms with Crippen LogP contribution in [0, 0.1) is 6.92 Å². The lowest BCUT2D eigenvalue weighted by molar-refractivity contribution is 0.373. The van der Waals surface area contributed by atoms with Gasteiger partial charge in [-0.15, -0.1) is 0 Å². The topological polar surface area (TPSA) is 74.2 Å². The van der Waals surface area contributed by atoms with Crippen molar-refractivity contribution in [2.45, 2.75) is 39.0 Å². The van der Waals surface area contributed by atoms with Crippen LogP contribution >= 0.6 is 0 Å². The van der Waals surface area contributed by atoms with Crippen molar-refractivity contribution in [1.29, 1.82) is 0 Å². The molecule has 2 N–H and O–H groups in total. The van der Waals surface area contributed by atoms with Gasteiger partial charge in [0.15, 0.2) is 0 Å². The van der Waals surface area contributed by atoms with Crippen LogP contribution in [0.3, 0.4) is 0 Å². The average Bonchev–Trinajstić information content (AvgIpc) is 2.95. The summed E-state index contributed by atoms with van der Waals surface area (Å²) >= 11 is 0. The first-order valence-corrected chi connectivity index (χ1v) is 7.42. The van der Waals surface area contributed by atoms with Crippen LogP contribution in [-0.2, 0) is 6.42 Å². The third kappa shape index (κ3) is 4.29. The Morgan fingerprint density at radius 2 is 2.00 bits per heavy atom. The molecular formula is C16H23N3O2. The Balaban J connectivity index is 1.99. The molecule has 0 aliphatic carbocycles. The van der Waals surface area contributed by atoms with Crippen molar-refractivity contribution in [3.05, 3.63) is 29.7 Å². The molecule has 1 aromatic heterocycles. The van der Waals surface area contributed by atoms with Crippen molar-refractivity contribution >= 4 is 0 Å². The third-order valence-electron chi connectivity index (χ3n) is 3.41. The molecule has 2 aromatic rings. The van der Waals surface area contributed by atoms with E-state index in [4.69, 9.17) is 15.0 Å². The lowest BCUT2D eigenvalue weighted by atomic mass is 10.1. The smallest absolute Gasteiger partial charge is 0.226 e. The highest BCUT2D eigenvalue weighted by atomic mass is 16.5. The Morgan fingerprint density at radius 3 is 2.76 bits per heavy atom. The van der Waals surface area contributed by atoms with Crippen LogP contribution in [0.5, 0.6) is 5.75 Å². The van der Waals surface area contributed by atoms with Crippen molar-refractivity contribution in [2.24, 2.45) is 5.73 Å². The summed E-state index contributed by atoms with van der Waals surface area (Å²) in [5, 5.41) is 4.05. The van der Waals surface area contributed by atoms with Crippen LogP contribution in [0.15, 0.2) is 22.7 Å². The van der Waals surface area contributed by atoms with E-state index < -0.39 is 0 Å². The minimum absolute atomic E-state index is 0.587. The number of unbranched alkanes of at least 4 members (excludes halogenated alkanes) is 3. The number of benzene rings is 1. The maximum atomic E-state index is 5.47. The quantitative estimate of drug-likeness (QED) is 0.756. The fourth-order valence-electron chi connectivity index (χ4n) is 2.22. The molecule has 0 spiro atoms. The molecule has 1 aromatic carbocycles. The Morgan fingerprint density at radius 1 is 1.19 bits per heavy atom. The van der Waals surface area contributed by atoms with E-state index in [0.29, 0.717) is 11.7 Å². The fourth-order valence-corrected chi connectivity index (χ4v) is 2.22. The van der Waals surface area contributed by atoms with Crippen LogP contribution < -0.4 is 10.5 Å². The molecule has 114 valence electrons. The standard InChI is InChI=1S/C16H23N3O2/c1-12-8-9-13(14(11-12)20-2)16-18-15(21-19-16)7-5-3-4-6-10-17/h8-9,11H,3-7,10,17H2,1-2H3. The van der Waals surface area contributed by atoms with Crippen LogP contribution in [0.25, 0.3) is 11.4 Å². The first-order chi connectivity index (χ1) is 10.2. The predicted molar refractivity (Wildman–Crippen MR) is 82.2 cm³/mol. The van der Waals surface area contributed by atoms with Gasteiger partial charge >= 0.3 is 0 Å².